The van der Waals surface area contributed by atoms with Crippen molar-refractivity contribution in [1.29, 1.82) is 0 Å². The van der Waals surface area contributed by atoms with Crippen LogP contribution >= 0.6 is 11.6 Å². The van der Waals surface area contributed by atoms with Gasteiger partial charge in [-0.2, -0.15) is 0 Å². The van der Waals surface area contributed by atoms with E-state index in [0.29, 0.717) is 11.2 Å². The molecule has 0 atom stereocenters. The number of carbonyl (C=O) groups excluding carboxylic acids is 2. The lowest BCUT2D eigenvalue weighted by Gasteiger charge is -2.09. The molecule has 1 N–H and O–H groups in total. The molecule has 0 radical (unpaired) electrons. The third-order valence-corrected chi connectivity index (χ3v) is 3.87. The predicted molar refractivity (Wildman–Crippen MR) is 98.8 cm³/mol. The van der Waals surface area contributed by atoms with E-state index in [9.17, 15) is 19.7 Å². The summed E-state index contributed by atoms with van der Waals surface area (Å²) in [5, 5.41) is 14.5. The second-order valence-electron chi connectivity index (χ2n) is 5.42. The summed E-state index contributed by atoms with van der Waals surface area (Å²) in [6.45, 7) is -0.602. The van der Waals surface area contributed by atoms with Gasteiger partial charge in [-0.05, 0) is 36.4 Å². The zero-order valence-electron chi connectivity index (χ0n) is 13.7. The molecule has 0 bridgehead atoms. The number of fused-ring (bicyclic) bond motifs is 1. The highest BCUT2D eigenvalue weighted by molar-refractivity contribution is 6.31. The highest BCUT2D eigenvalue weighted by Gasteiger charge is 2.22. The number of amides is 1. The summed E-state index contributed by atoms with van der Waals surface area (Å²) in [6.07, 6.45) is 1.63. The van der Waals surface area contributed by atoms with E-state index in [0.717, 1.165) is 11.5 Å². The first-order chi connectivity index (χ1) is 13.0. The van der Waals surface area contributed by atoms with Gasteiger partial charge in [0.1, 0.15) is 5.56 Å². The molecular weight excluding hydrogens is 374 g/mol. The molecule has 3 rings (SSSR count). The third kappa shape index (κ3) is 4.18. The van der Waals surface area contributed by atoms with Gasteiger partial charge in [-0.25, -0.2) is 4.79 Å². The van der Waals surface area contributed by atoms with E-state index in [2.05, 4.69) is 10.3 Å². The third-order valence-electron chi connectivity index (χ3n) is 3.63. The number of halogens is 1. The fourth-order valence-electron chi connectivity index (χ4n) is 2.44. The summed E-state index contributed by atoms with van der Waals surface area (Å²) in [7, 11) is 0. The maximum atomic E-state index is 12.1. The molecule has 0 saturated heterocycles. The Bertz CT molecular complexity index is 1050. The Morgan fingerprint density at radius 3 is 2.78 bits per heavy atom. The molecule has 0 unspecified atom stereocenters. The lowest BCUT2D eigenvalue weighted by molar-refractivity contribution is -0.385. The largest absolute Gasteiger partial charge is 0.452 e. The number of hydrogen-bond donors (Lipinski definition) is 1. The first-order valence-corrected chi connectivity index (χ1v) is 8.08. The van der Waals surface area contributed by atoms with Gasteiger partial charge in [-0.15, -0.1) is 0 Å². The smallest absolute Gasteiger partial charge is 0.345 e. The second kappa shape index (κ2) is 7.79. The van der Waals surface area contributed by atoms with Gasteiger partial charge in [0.25, 0.3) is 11.6 Å². The van der Waals surface area contributed by atoms with Gasteiger partial charge < -0.3 is 10.1 Å². The number of nitrogens with one attached hydrogen (secondary N) is 1. The van der Waals surface area contributed by atoms with E-state index in [-0.39, 0.29) is 10.6 Å². The summed E-state index contributed by atoms with van der Waals surface area (Å²) in [5.41, 5.74) is 0.433. The van der Waals surface area contributed by atoms with Crippen molar-refractivity contribution in [2.24, 2.45) is 0 Å². The summed E-state index contributed by atoms with van der Waals surface area (Å²) in [5.74, 6) is -1.58. The first kappa shape index (κ1) is 18.3. The number of rotatable bonds is 5. The first-order valence-electron chi connectivity index (χ1n) is 7.70. The molecule has 9 heteroatoms. The molecule has 0 fully saturated rings. The van der Waals surface area contributed by atoms with E-state index in [4.69, 9.17) is 16.3 Å². The molecule has 0 spiro atoms. The topological polar surface area (TPSA) is 111 Å². The normalized spacial score (nSPS) is 10.4. The minimum absolute atomic E-state index is 0.112. The van der Waals surface area contributed by atoms with Gasteiger partial charge in [-0.3, -0.25) is 19.9 Å². The average Bonchev–Trinajstić information content (AvgIpc) is 2.66. The summed E-state index contributed by atoms with van der Waals surface area (Å²) in [4.78, 5) is 38.7. The fourth-order valence-corrected chi connectivity index (χ4v) is 2.60. The van der Waals surface area contributed by atoms with Crippen molar-refractivity contribution in [2.45, 2.75) is 0 Å². The summed E-state index contributed by atoms with van der Waals surface area (Å²) < 4.78 is 4.89. The van der Waals surface area contributed by atoms with Gasteiger partial charge in [0.2, 0.25) is 0 Å². The van der Waals surface area contributed by atoms with Crippen LogP contribution in [0.15, 0.2) is 54.7 Å². The number of ether oxygens (including phenoxy) is 1. The zero-order chi connectivity index (χ0) is 19.4. The maximum absolute atomic E-state index is 12.1. The Morgan fingerprint density at radius 1 is 1.19 bits per heavy atom. The van der Waals surface area contributed by atoms with E-state index >= 15 is 0 Å². The van der Waals surface area contributed by atoms with Crippen molar-refractivity contribution in [3.05, 3.63) is 75.4 Å². The molecule has 0 saturated carbocycles. The molecule has 0 aliphatic rings. The second-order valence-corrected chi connectivity index (χ2v) is 5.85. The SMILES string of the molecule is O=C(COC(=O)c1ccc(Cl)cc1[N+](=O)[O-])Nc1cccc2ncccc12. The molecule has 1 heterocycles. The van der Waals surface area contributed by atoms with E-state index in [1.807, 2.05) is 0 Å². The molecule has 136 valence electrons. The van der Waals surface area contributed by atoms with Gasteiger partial charge in [0.05, 0.1) is 16.1 Å². The van der Waals surface area contributed by atoms with Crippen LogP contribution in [0.3, 0.4) is 0 Å². The van der Waals surface area contributed by atoms with Crippen molar-refractivity contribution in [1.82, 2.24) is 4.98 Å². The number of hydrogen-bond acceptors (Lipinski definition) is 6. The standard InChI is InChI=1S/C18H12ClN3O5/c19-11-6-7-13(16(9-11)22(25)26)18(24)27-10-17(23)21-15-5-1-4-14-12(15)3-2-8-20-14/h1-9H,10H2,(H,21,23). The molecule has 8 nitrogen and oxygen atoms in total. The Kier molecular flexibility index (Phi) is 5.28. The minimum Gasteiger partial charge on any atom is -0.452 e. The number of pyridine rings is 1. The molecule has 1 aromatic heterocycles. The van der Waals surface area contributed by atoms with E-state index in [1.165, 1.54) is 12.1 Å². The quantitative estimate of drug-likeness (QED) is 0.408. The van der Waals surface area contributed by atoms with Crippen LogP contribution in [0.25, 0.3) is 10.9 Å². The lowest BCUT2D eigenvalue weighted by atomic mass is 10.2. The molecule has 27 heavy (non-hydrogen) atoms. The highest BCUT2D eigenvalue weighted by Crippen LogP contribution is 2.24. The number of nitro groups is 1. The average molecular weight is 386 g/mol. The van der Waals surface area contributed by atoms with E-state index in [1.54, 1.807) is 36.5 Å². The Labute approximate surface area is 157 Å². The lowest BCUT2D eigenvalue weighted by Crippen LogP contribution is -2.21. The monoisotopic (exact) mass is 385 g/mol. The number of anilines is 1. The molecule has 2 aromatic carbocycles. The van der Waals surface area contributed by atoms with Crippen LogP contribution in [-0.4, -0.2) is 28.4 Å². The van der Waals surface area contributed by atoms with Crippen molar-refractivity contribution in [2.75, 3.05) is 11.9 Å². The molecular formula is C18H12ClN3O5. The molecule has 0 aliphatic heterocycles. The van der Waals surface area contributed by atoms with Crippen LogP contribution in [0.1, 0.15) is 10.4 Å². The zero-order valence-corrected chi connectivity index (χ0v) is 14.5. The van der Waals surface area contributed by atoms with Gasteiger partial charge in [-0.1, -0.05) is 17.7 Å². The van der Waals surface area contributed by atoms with E-state index < -0.39 is 29.1 Å². The van der Waals surface area contributed by atoms with Crippen LogP contribution < -0.4 is 5.32 Å². The minimum atomic E-state index is -0.992. The number of carbonyl (C=O) groups is 2. The molecule has 0 aliphatic carbocycles. The van der Waals surface area contributed by atoms with Gasteiger partial charge in [0.15, 0.2) is 6.61 Å². The van der Waals surface area contributed by atoms with Gasteiger partial charge in [0, 0.05) is 22.7 Å². The van der Waals surface area contributed by atoms with Crippen molar-refractivity contribution >= 4 is 45.8 Å². The number of esters is 1. The van der Waals surface area contributed by atoms with Crippen LogP contribution in [0.2, 0.25) is 5.02 Å². The molecule has 3 aromatic rings. The summed E-state index contributed by atoms with van der Waals surface area (Å²) in [6, 6.07) is 12.3. The Hall–Kier alpha value is -3.52. The number of benzene rings is 2. The van der Waals surface area contributed by atoms with Crippen LogP contribution in [0.5, 0.6) is 0 Å². The van der Waals surface area contributed by atoms with Gasteiger partial charge >= 0.3 is 5.97 Å². The Balaban J connectivity index is 1.69. The fraction of sp³-hybridized carbons (Fsp3) is 0.0556. The van der Waals surface area contributed by atoms with Crippen molar-refractivity contribution in [3.8, 4) is 0 Å². The van der Waals surface area contributed by atoms with Crippen LogP contribution in [0, 0.1) is 10.1 Å². The number of aromatic nitrogens is 1. The van der Waals surface area contributed by atoms with Crippen LogP contribution in [-0.2, 0) is 9.53 Å². The maximum Gasteiger partial charge on any atom is 0.345 e. The highest BCUT2D eigenvalue weighted by atomic mass is 35.5. The predicted octanol–water partition coefficient (Wildman–Crippen LogP) is 3.59. The number of nitro benzene ring substituents is 1. The van der Waals surface area contributed by atoms with Crippen LogP contribution in [0.4, 0.5) is 11.4 Å². The summed E-state index contributed by atoms with van der Waals surface area (Å²) >= 11 is 5.71. The molecule has 1 amide bonds. The Morgan fingerprint density at radius 2 is 2.00 bits per heavy atom. The van der Waals surface area contributed by atoms with Crippen molar-refractivity contribution < 1.29 is 19.2 Å². The number of nitrogens with zero attached hydrogens (tertiary/aromatic N) is 2. The van der Waals surface area contributed by atoms with Crippen molar-refractivity contribution in [3.63, 3.8) is 0 Å².